The molecular weight excluding hydrogens is 246 g/mol. The summed E-state index contributed by atoms with van der Waals surface area (Å²) in [6.07, 6.45) is 5.24. The molecule has 0 aliphatic carbocycles. The van der Waals surface area contributed by atoms with E-state index >= 15 is 0 Å². The zero-order chi connectivity index (χ0) is 12.8. The van der Waals surface area contributed by atoms with E-state index in [9.17, 15) is 0 Å². The zero-order valence-electron chi connectivity index (χ0n) is 11.0. The van der Waals surface area contributed by atoms with Crippen LogP contribution in [0.2, 0.25) is 5.02 Å². The monoisotopic (exact) mass is 267 g/mol. The summed E-state index contributed by atoms with van der Waals surface area (Å²) in [5.41, 5.74) is 1.33. The van der Waals surface area contributed by atoms with E-state index in [4.69, 9.17) is 16.3 Å². The molecule has 0 bridgehead atoms. The van der Waals surface area contributed by atoms with E-state index in [-0.39, 0.29) is 0 Å². The lowest BCUT2D eigenvalue weighted by molar-refractivity contribution is -0.0438. The number of morpholine rings is 1. The summed E-state index contributed by atoms with van der Waals surface area (Å²) in [6.45, 7) is 4.19. The fraction of sp³-hybridized carbons (Fsp3) is 0.600. The van der Waals surface area contributed by atoms with Crippen LogP contribution in [0.3, 0.4) is 0 Å². The van der Waals surface area contributed by atoms with E-state index in [0.29, 0.717) is 12.2 Å². The van der Waals surface area contributed by atoms with Crippen LogP contribution in [0.4, 0.5) is 0 Å². The molecule has 1 aromatic carbocycles. The number of rotatable bonds is 5. The average molecular weight is 268 g/mol. The largest absolute Gasteiger partial charge is 0.372 e. The number of halogens is 1. The molecule has 0 spiro atoms. The van der Waals surface area contributed by atoms with Crippen LogP contribution in [0, 0.1) is 0 Å². The first-order chi connectivity index (χ1) is 8.78. The van der Waals surface area contributed by atoms with Crippen LogP contribution < -0.4 is 5.32 Å². The molecule has 1 heterocycles. The van der Waals surface area contributed by atoms with Gasteiger partial charge in [-0.25, -0.2) is 0 Å². The number of nitrogens with one attached hydrogen (secondary N) is 1. The molecule has 1 aliphatic heterocycles. The van der Waals surface area contributed by atoms with Crippen LogP contribution in [0.5, 0.6) is 0 Å². The van der Waals surface area contributed by atoms with E-state index < -0.39 is 0 Å². The van der Waals surface area contributed by atoms with E-state index in [1.807, 2.05) is 12.1 Å². The quantitative estimate of drug-likeness (QED) is 0.883. The number of hydrogen-bond donors (Lipinski definition) is 1. The molecular formula is C15H22ClNO. The van der Waals surface area contributed by atoms with Crippen molar-refractivity contribution >= 4 is 11.6 Å². The van der Waals surface area contributed by atoms with Gasteiger partial charge in [0.15, 0.2) is 0 Å². The summed E-state index contributed by atoms with van der Waals surface area (Å²) in [4.78, 5) is 0. The number of hydrogen-bond acceptors (Lipinski definition) is 2. The van der Waals surface area contributed by atoms with E-state index in [2.05, 4.69) is 24.4 Å². The van der Waals surface area contributed by atoms with Crippen molar-refractivity contribution in [2.45, 2.75) is 44.8 Å². The Morgan fingerprint density at radius 3 is 2.50 bits per heavy atom. The highest BCUT2D eigenvalue weighted by Gasteiger charge is 2.20. The van der Waals surface area contributed by atoms with Crippen LogP contribution in [-0.4, -0.2) is 25.3 Å². The second-order valence-corrected chi connectivity index (χ2v) is 5.43. The Hall–Kier alpha value is -0.570. The molecule has 3 heteroatoms. The van der Waals surface area contributed by atoms with Gasteiger partial charge in [0, 0.05) is 18.1 Å². The lowest BCUT2D eigenvalue weighted by atomic mass is 10.0. The molecule has 2 nitrogen and oxygen atoms in total. The van der Waals surface area contributed by atoms with Gasteiger partial charge in [-0.15, -0.1) is 0 Å². The topological polar surface area (TPSA) is 21.3 Å². The Balaban J connectivity index is 1.77. The van der Waals surface area contributed by atoms with Gasteiger partial charge in [0.25, 0.3) is 0 Å². The van der Waals surface area contributed by atoms with Gasteiger partial charge in [0.2, 0.25) is 0 Å². The van der Waals surface area contributed by atoms with E-state index in [1.54, 1.807) is 0 Å². The molecule has 1 aromatic rings. The highest BCUT2D eigenvalue weighted by Crippen LogP contribution is 2.16. The van der Waals surface area contributed by atoms with E-state index in [0.717, 1.165) is 37.4 Å². The first-order valence-corrected chi connectivity index (χ1v) is 7.26. The van der Waals surface area contributed by atoms with Crippen molar-refractivity contribution in [3.05, 3.63) is 34.9 Å². The van der Waals surface area contributed by atoms with Gasteiger partial charge in [0.1, 0.15) is 0 Å². The second kappa shape index (κ2) is 7.13. The van der Waals surface area contributed by atoms with Gasteiger partial charge < -0.3 is 10.1 Å². The summed E-state index contributed by atoms with van der Waals surface area (Å²) < 4.78 is 6.08. The average Bonchev–Trinajstić information content (AvgIpc) is 2.39. The molecule has 0 amide bonds. The zero-order valence-corrected chi connectivity index (χ0v) is 11.7. The van der Waals surface area contributed by atoms with Crippen molar-refractivity contribution in [3.63, 3.8) is 0 Å². The SMILES string of the molecule is CCCC1CNC[C@@H](CCc2ccc(Cl)cc2)O1. The molecule has 2 atom stereocenters. The molecule has 1 saturated heterocycles. The van der Waals surface area contributed by atoms with Crippen molar-refractivity contribution in [1.29, 1.82) is 0 Å². The summed E-state index contributed by atoms with van der Waals surface area (Å²) in [5.74, 6) is 0. The first-order valence-electron chi connectivity index (χ1n) is 6.88. The standard InChI is InChI=1S/C15H22ClNO/c1-2-3-14-10-17-11-15(18-14)9-6-12-4-7-13(16)8-5-12/h4-5,7-8,14-15,17H,2-3,6,9-11H2,1H3/t14?,15-/m1/s1. The van der Waals surface area contributed by atoms with Crippen LogP contribution in [-0.2, 0) is 11.2 Å². The maximum absolute atomic E-state index is 6.08. The third-order valence-corrected chi connectivity index (χ3v) is 3.66. The van der Waals surface area contributed by atoms with Crippen molar-refractivity contribution < 1.29 is 4.74 Å². The molecule has 0 radical (unpaired) electrons. The van der Waals surface area contributed by atoms with Crippen LogP contribution in [0.25, 0.3) is 0 Å². The van der Waals surface area contributed by atoms with Crippen LogP contribution in [0.1, 0.15) is 31.7 Å². The predicted molar refractivity (Wildman–Crippen MR) is 76.2 cm³/mol. The molecule has 18 heavy (non-hydrogen) atoms. The Kier molecular flexibility index (Phi) is 5.48. The van der Waals surface area contributed by atoms with Gasteiger partial charge >= 0.3 is 0 Å². The minimum atomic E-state index is 0.353. The highest BCUT2D eigenvalue weighted by atomic mass is 35.5. The van der Waals surface area contributed by atoms with Crippen molar-refractivity contribution in [2.75, 3.05) is 13.1 Å². The first kappa shape index (κ1) is 13.9. The fourth-order valence-electron chi connectivity index (χ4n) is 2.41. The summed E-state index contributed by atoms with van der Waals surface area (Å²) in [7, 11) is 0. The normalized spacial score (nSPS) is 24.1. The highest BCUT2D eigenvalue weighted by molar-refractivity contribution is 6.30. The third-order valence-electron chi connectivity index (χ3n) is 3.41. The molecule has 0 saturated carbocycles. The van der Waals surface area contributed by atoms with Crippen LogP contribution in [0.15, 0.2) is 24.3 Å². The smallest absolute Gasteiger partial charge is 0.0707 e. The summed E-state index contributed by atoms with van der Waals surface area (Å²) in [5, 5.41) is 4.27. The molecule has 1 aliphatic rings. The molecule has 100 valence electrons. The molecule has 1 N–H and O–H groups in total. The van der Waals surface area contributed by atoms with Crippen LogP contribution >= 0.6 is 11.6 Å². The number of benzene rings is 1. The summed E-state index contributed by atoms with van der Waals surface area (Å²) in [6, 6.07) is 8.11. The Bertz CT molecular complexity index is 350. The Morgan fingerprint density at radius 2 is 1.83 bits per heavy atom. The number of aryl methyl sites for hydroxylation is 1. The lowest BCUT2D eigenvalue weighted by Gasteiger charge is -2.31. The predicted octanol–water partition coefficient (Wildman–Crippen LogP) is 3.43. The minimum Gasteiger partial charge on any atom is -0.372 e. The van der Waals surface area contributed by atoms with Gasteiger partial charge in [-0.1, -0.05) is 37.1 Å². The maximum Gasteiger partial charge on any atom is 0.0707 e. The molecule has 0 aromatic heterocycles. The Morgan fingerprint density at radius 1 is 1.17 bits per heavy atom. The van der Waals surface area contributed by atoms with Crippen molar-refractivity contribution in [2.24, 2.45) is 0 Å². The van der Waals surface area contributed by atoms with Gasteiger partial charge in [0.05, 0.1) is 12.2 Å². The van der Waals surface area contributed by atoms with Crippen molar-refractivity contribution in [1.82, 2.24) is 5.32 Å². The van der Waals surface area contributed by atoms with Gasteiger partial charge in [-0.05, 0) is 37.0 Å². The van der Waals surface area contributed by atoms with Gasteiger partial charge in [-0.3, -0.25) is 0 Å². The lowest BCUT2D eigenvalue weighted by Crippen LogP contribution is -2.44. The molecule has 2 rings (SSSR count). The van der Waals surface area contributed by atoms with Crippen molar-refractivity contribution in [3.8, 4) is 0 Å². The second-order valence-electron chi connectivity index (χ2n) is 4.99. The minimum absolute atomic E-state index is 0.353. The van der Waals surface area contributed by atoms with Gasteiger partial charge in [-0.2, -0.15) is 0 Å². The molecule has 1 unspecified atom stereocenters. The maximum atomic E-state index is 6.08. The third kappa shape index (κ3) is 4.27. The summed E-state index contributed by atoms with van der Waals surface area (Å²) >= 11 is 5.88. The molecule has 1 fully saturated rings. The fourth-order valence-corrected chi connectivity index (χ4v) is 2.54. The van der Waals surface area contributed by atoms with E-state index in [1.165, 1.54) is 12.0 Å². The number of ether oxygens (including phenoxy) is 1. The Labute approximate surface area is 115 Å².